The van der Waals surface area contributed by atoms with Gasteiger partial charge in [0.25, 0.3) is 5.91 Å². The van der Waals surface area contributed by atoms with Gasteiger partial charge in [-0.25, -0.2) is 14.6 Å². The topological polar surface area (TPSA) is 77.1 Å². The molecular weight excluding hydrogens is 340 g/mol. The fourth-order valence-corrected chi connectivity index (χ4v) is 3.21. The van der Waals surface area contributed by atoms with Crippen LogP contribution in [-0.4, -0.2) is 35.6 Å². The molecule has 0 bridgehead atoms. The largest absolute Gasteiger partial charge is 0.345 e. The van der Waals surface area contributed by atoms with E-state index in [-0.39, 0.29) is 11.4 Å². The Bertz CT molecular complexity index is 969. The number of hydrogen-bond acceptors (Lipinski definition) is 4. The number of nitrogens with zero attached hydrogens (tertiary/aromatic N) is 5. The highest BCUT2D eigenvalue weighted by Crippen LogP contribution is 2.39. The molecule has 3 heterocycles. The molecule has 7 nitrogen and oxygen atoms in total. The van der Waals surface area contributed by atoms with Crippen LogP contribution in [0.5, 0.6) is 0 Å². The first kappa shape index (κ1) is 16.1. The minimum atomic E-state index is -0.241. The highest BCUT2D eigenvalue weighted by molar-refractivity contribution is 6.29. The van der Waals surface area contributed by atoms with E-state index >= 15 is 0 Å². The van der Waals surface area contributed by atoms with Gasteiger partial charge >= 0.3 is 0 Å². The first-order valence-electron chi connectivity index (χ1n) is 8.24. The van der Waals surface area contributed by atoms with Gasteiger partial charge in [-0.15, -0.1) is 0 Å². The van der Waals surface area contributed by atoms with Gasteiger partial charge in [-0.3, -0.25) is 9.20 Å². The van der Waals surface area contributed by atoms with Gasteiger partial charge in [0.05, 0.1) is 0 Å². The zero-order chi connectivity index (χ0) is 17.8. The van der Waals surface area contributed by atoms with Crippen LogP contribution in [0.15, 0.2) is 24.7 Å². The van der Waals surface area contributed by atoms with Crippen LogP contribution >= 0.6 is 11.6 Å². The predicted molar refractivity (Wildman–Crippen MR) is 94.1 cm³/mol. The minimum Gasteiger partial charge on any atom is -0.345 e. The molecule has 3 aromatic rings. The highest BCUT2D eigenvalue weighted by Gasteiger charge is 2.39. The lowest BCUT2D eigenvalue weighted by Crippen LogP contribution is -2.45. The van der Waals surface area contributed by atoms with E-state index in [1.165, 1.54) is 0 Å². The normalized spacial score (nSPS) is 14.9. The molecule has 0 unspecified atom stereocenters. The molecule has 8 heteroatoms. The van der Waals surface area contributed by atoms with Crippen molar-refractivity contribution in [2.45, 2.75) is 39.2 Å². The molecule has 1 N–H and O–H groups in total. The van der Waals surface area contributed by atoms with Crippen molar-refractivity contribution in [2.75, 3.05) is 0 Å². The molecule has 0 aromatic carbocycles. The average molecular weight is 359 g/mol. The summed E-state index contributed by atoms with van der Waals surface area (Å²) in [5, 5.41) is 7.65. The van der Waals surface area contributed by atoms with Crippen LogP contribution in [0.3, 0.4) is 0 Å². The van der Waals surface area contributed by atoms with E-state index in [2.05, 4.69) is 34.2 Å². The van der Waals surface area contributed by atoms with Crippen LogP contribution < -0.4 is 5.32 Å². The number of carbonyl (C=O) groups is 1. The average Bonchev–Trinajstić information content (AvgIpc) is 3.19. The van der Waals surface area contributed by atoms with Crippen molar-refractivity contribution in [2.24, 2.45) is 5.92 Å². The van der Waals surface area contributed by atoms with Gasteiger partial charge in [0, 0.05) is 23.5 Å². The number of imidazole rings is 1. The van der Waals surface area contributed by atoms with E-state index in [9.17, 15) is 4.79 Å². The smallest absolute Gasteiger partial charge is 0.274 e. The van der Waals surface area contributed by atoms with Crippen LogP contribution in [0.1, 0.15) is 42.9 Å². The van der Waals surface area contributed by atoms with Crippen molar-refractivity contribution < 1.29 is 4.79 Å². The molecular formula is C17H19ClN6O. The van der Waals surface area contributed by atoms with E-state index in [0.717, 1.165) is 18.5 Å². The molecule has 1 fully saturated rings. The lowest BCUT2D eigenvalue weighted by Gasteiger charge is -2.25. The number of nitrogens with one attached hydrogen (secondary N) is 1. The van der Waals surface area contributed by atoms with E-state index in [4.69, 9.17) is 11.6 Å². The molecule has 1 saturated carbocycles. The van der Waals surface area contributed by atoms with Gasteiger partial charge < -0.3 is 5.32 Å². The molecule has 25 heavy (non-hydrogen) atoms. The van der Waals surface area contributed by atoms with E-state index in [1.54, 1.807) is 27.7 Å². The summed E-state index contributed by atoms with van der Waals surface area (Å²) in [5.74, 6) is 0.914. The fourth-order valence-electron chi connectivity index (χ4n) is 3.07. The molecule has 130 valence electrons. The molecule has 1 aliphatic carbocycles. The summed E-state index contributed by atoms with van der Waals surface area (Å²) >= 11 is 5.90. The molecule has 3 aromatic heterocycles. The quantitative estimate of drug-likeness (QED) is 0.778. The summed E-state index contributed by atoms with van der Waals surface area (Å²) in [5.41, 5.74) is 1.48. The summed E-state index contributed by atoms with van der Waals surface area (Å²) in [6, 6.07) is 3.55. The van der Waals surface area contributed by atoms with Crippen LogP contribution in [-0.2, 0) is 0 Å². The second kappa shape index (κ2) is 5.56. The van der Waals surface area contributed by atoms with Gasteiger partial charge in [-0.1, -0.05) is 11.6 Å². The van der Waals surface area contributed by atoms with Crippen LogP contribution in [0.25, 0.3) is 11.5 Å². The van der Waals surface area contributed by atoms with Crippen LogP contribution in [0.4, 0.5) is 0 Å². The van der Waals surface area contributed by atoms with Crippen molar-refractivity contribution in [1.82, 2.24) is 29.5 Å². The number of rotatable bonds is 4. The SMILES string of the molecule is Cc1cc(-n2ccc(Cl)n2)nc2c(C(=O)NC(C)(C)C3CC3)ncn12. The lowest BCUT2D eigenvalue weighted by atomic mass is 9.98. The highest BCUT2D eigenvalue weighted by atomic mass is 35.5. The Kier molecular flexibility index (Phi) is 3.57. The Balaban J connectivity index is 1.74. The molecule has 0 saturated heterocycles. The maximum absolute atomic E-state index is 12.8. The van der Waals surface area contributed by atoms with Crippen molar-refractivity contribution in [3.05, 3.63) is 41.2 Å². The monoisotopic (exact) mass is 358 g/mol. The van der Waals surface area contributed by atoms with Gasteiger partial charge in [0.15, 0.2) is 22.3 Å². The van der Waals surface area contributed by atoms with E-state index in [1.807, 2.05) is 13.0 Å². The maximum Gasteiger partial charge on any atom is 0.274 e. The van der Waals surface area contributed by atoms with Crippen LogP contribution in [0.2, 0.25) is 5.15 Å². The summed E-state index contributed by atoms with van der Waals surface area (Å²) in [4.78, 5) is 21.6. The Labute approximate surface area is 150 Å². The first-order valence-corrected chi connectivity index (χ1v) is 8.62. The summed E-state index contributed by atoms with van der Waals surface area (Å²) in [6.45, 7) is 6.04. The van der Waals surface area contributed by atoms with Gasteiger partial charge in [0.2, 0.25) is 0 Å². The molecule has 1 aliphatic rings. The van der Waals surface area contributed by atoms with Crippen molar-refractivity contribution >= 4 is 23.2 Å². The number of halogens is 1. The number of amides is 1. The zero-order valence-corrected chi connectivity index (χ0v) is 15.1. The van der Waals surface area contributed by atoms with Crippen molar-refractivity contribution in [3.63, 3.8) is 0 Å². The second-order valence-corrected chi connectivity index (χ2v) is 7.46. The summed E-state index contributed by atoms with van der Waals surface area (Å²) in [6.07, 6.45) is 5.65. The van der Waals surface area contributed by atoms with Gasteiger partial charge in [-0.05, 0) is 45.6 Å². The zero-order valence-electron chi connectivity index (χ0n) is 14.3. The van der Waals surface area contributed by atoms with Crippen LogP contribution in [0, 0.1) is 12.8 Å². The van der Waals surface area contributed by atoms with Crippen molar-refractivity contribution in [3.8, 4) is 5.82 Å². The second-order valence-electron chi connectivity index (χ2n) is 7.08. The lowest BCUT2D eigenvalue weighted by molar-refractivity contribution is 0.0900. The predicted octanol–water partition coefficient (Wildman–Crippen LogP) is 2.80. The molecule has 4 rings (SSSR count). The molecule has 0 atom stereocenters. The Morgan fingerprint density at radius 3 is 2.80 bits per heavy atom. The van der Waals surface area contributed by atoms with Gasteiger partial charge in [0.1, 0.15) is 6.33 Å². The third kappa shape index (κ3) is 2.89. The number of carbonyl (C=O) groups excluding carboxylic acids is 1. The summed E-state index contributed by atoms with van der Waals surface area (Å²) in [7, 11) is 0. The van der Waals surface area contributed by atoms with Crippen molar-refractivity contribution in [1.29, 1.82) is 0 Å². The fraction of sp³-hybridized carbons (Fsp3) is 0.412. The van der Waals surface area contributed by atoms with E-state index in [0.29, 0.717) is 28.2 Å². The standard InChI is InChI=1S/C17H19ClN6O/c1-10-8-13(24-7-6-12(18)22-24)20-15-14(19-9-23(10)15)16(25)21-17(2,3)11-4-5-11/h6-9,11H,4-5H2,1-3H3,(H,21,25). The first-order chi connectivity index (χ1) is 11.8. The Morgan fingerprint density at radius 2 is 2.16 bits per heavy atom. The maximum atomic E-state index is 12.8. The summed E-state index contributed by atoms with van der Waals surface area (Å²) < 4.78 is 3.38. The third-order valence-corrected chi connectivity index (χ3v) is 4.92. The number of aryl methyl sites for hydroxylation is 1. The molecule has 1 amide bonds. The van der Waals surface area contributed by atoms with E-state index < -0.39 is 0 Å². The third-order valence-electron chi connectivity index (χ3n) is 4.72. The number of aromatic nitrogens is 5. The minimum absolute atomic E-state index is 0.207. The Morgan fingerprint density at radius 1 is 1.40 bits per heavy atom. The number of fused-ring (bicyclic) bond motifs is 1. The molecule has 0 spiro atoms. The molecule has 0 aliphatic heterocycles. The number of hydrogen-bond donors (Lipinski definition) is 1. The van der Waals surface area contributed by atoms with Gasteiger partial charge in [-0.2, -0.15) is 5.10 Å². The Hall–Kier alpha value is -2.41. The molecule has 0 radical (unpaired) electrons.